The summed E-state index contributed by atoms with van der Waals surface area (Å²) in [5.41, 5.74) is 0.509. The van der Waals surface area contributed by atoms with Crippen molar-refractivity contribution in [3.63, 3.8) is 0 Å². The number of carbonyl (C=O) groups is 4. The molecule has 2 aliphatic carbocycles. The van der Waals surface area contributed by atoms with Crippen molar-refractivity contribution in [2.24, 2.45) is 0 Å². The van der Waals surface area contributed by atoms with Gasteiger partial charge in [0, 0.05) is 22.3 Å². The molecular formula is C14H6O4. The van der Waals surface area contributed by atoms with Crippen molar-refractivity contribution < 1.29 is 19.2 Å². The maximum Gasteiger partial charge on any atom is 0.197 e. The lowest BCUT2D eigenvalue weighted by atomic mass is 9.91. The van der Waals surface area contributed by atoms with E-state index in [1.165, 1.54) is 12.1 Å². The van der Waals surface area contributed by atoms with Crippen LogP contribution in [-0.2, 0) is 0 Å². The van der Waals surface area contributed by atoms with Crippen LogP contribution >= 0.6 is 0 Å². The van der Waals surface area contributed by atoms with Gasteiger partial charge in [0.1, 0.15) is 0 Å². The van der Waals surface area contributed by atoms with Crippen LogP contribution in [0.3, 0.4) is 0 Å². The zero-order valence-corrected chi connectivity index (χ0v) is 9.15. The highest BCUT2D eigenvalue weighted by molar-refractivity contribution is 6.40. The van der Waals surface area contributed by atoms with E-state index in [0.29, 0.717) is 0 Å². The molecular weight excluding hydrogens is 232 g/mol. The van der Waals surface area contributed by atoms with Crippen molar-refractivity contribution in [3.8, 4) is 0 Å². The number of hydrogen-bond donors (Lipinski definition) is 0. The molecule has 4 heteroatoms. The Hall–Kier alpha value is -2.62. The van der Waals surface area contributed by atoms with Crippen LogP contribution in [0.5, 0.6) is 0 Å². The largest absolute Gasteiger partial charge is 0.289 e. The van der Waals surface area contributed by atoms with E-state index in [1.807, 2.05) is 0 Å². The second-order valence-electron chi connectivity index (χ2n) is 4.14. The Bertz CT molecular complexity index is 649. The summed E-state index contributed by atoms with van der Waals surface area (Å²) in [7, 11) is 0. The molecule has 0 N–H and O–H groups in total. The van der Waals surface area contributed by atoms with E-state index in [0.717, 1.165) is 12.2 Å². The predicted octanol–water partition coefficient (Wildman–Crippen LogP) is 1.56. The van der Waals surface area contributed by atoms with Gasteiger partial charge >= 0.3 is 0 Å². The summed E-state index contributed by atoms with van der Waals surface area (Å²) in [6, 6.07) is 2.62. The first-order valence-electron chi connectivity index (χ1n) is 5.24. The third-order valence-electron chi connectivity index (χ3n) is 3.11. The van der Waals surface area contributed by atoms with Crippen LogP contribution in [0, 0.1) is 0 Å². The van der Waals surface area contributed by atoms with E-state index in [9.17, 15) is 19.2 Å². The van der Waals surface area contributed by atoms with Gasteiger partial charge < -0.3 is 0 Å². The molecule has 0 saturated heterocycles. The Morgan fingerprint density at radius 3 is 1.44 bits per heavy atom. The number of rotatable bonds is 0. The lowest BCUT2D eigenvalue weighted by Gasteiger charge is -2.10. The second kappa shape index (κ2) is 3.20. The number of hydrogen-bond acceptors (Lipinski definition) is 4. The van der Waals surface area contributed by atoms with Gasteiger partial charge in [-0.05, 0) is 24.3 Å². The van der Waals surface area contributed by atoms with Crippen molar-refractivity contribution in [2.45, 2.75) is 0 Å². The van der Waals surface area contributed by atoms with E-state index < -0.39 is 11.6 Å². The molecule has 0 bridgehead atoms. The summed E-state index contributed by atoms with van der Waals surface area (Å²) < 4.78 is 0. The monoisotopic (exact) mass is 238 g/mol. The summed E-state index contributed by atoms with van der Waals surface area (Å²) in [5, 5.41) is 0. The van der Waals surface area contributed by atoms with Gasteiger partial charge in [0.2, 0.25) is 0 Å². The van der Waals surface area contributed by atoms with Gasteiger partial charge in [-0.1, -0.05) is 6.58 Å². The first-order chi connectivity index (χ1) is 8.50. The van der Waals surface area contributed by atoms with Gasteiger partial charge in [-0.25, -0.2) is 0 Å². The minimum absolute atomic E-state index is 0.125. The number of carbonyl (C=O) groups excluding carboxylic acids is 4. The minimum atomic E-state index is -0.479. The van der Waals surface area contributed by atoms with E-state index in [2.05, 4.69) is 6.58 Å². The molecule has 0 radical (unpaired) electrons. The molecule has 1 aromatic carbocycles. The standard InChI is InChI=1S/C14H6O4/c1-6-13(17)9-4-7-8(5-10(9)14(6)18)12(16)3-2-11(7)15/h2-5H,1H2. The predicted molar refractivity (Wildman–Crippen MR) is 62.0 cm³/mol. The molecule has 3 rings (SSSR count). The molecule has 18 heavy (non-hydrogen) atoms. The summed E-state index contributed by atoms with van der Waals surface area (Å²) in [6.45, 7) is 3.41. The van der Waals surface area contributed by atoms with Gasteiger partial charge in [-0.15, -0.1) is 0 Å². The Morgan fingerprint density at radius 2 is 1.06 bits per heavy atom. The molecule has 0 aliphatic heterocycles. The van der Waals surface area contributed by atoms with Crippen molar-refractivity contribution in [3.05, 3.63) is 58.7 Å². The third kappa shape index (κ3) is 1.14. The van der Waals surface area contributed by atoms with Crippen LogP contribution < -0.4 is 0 Å². The van der Waals surface area contributed by atoms with Crippen molar-refractivity contribution in [1.82, 2.24) is 0 Å². The number of ketones is 4. The molecule has 1 aromatic rings. The van der Waals surface area contributed by atoms with Crippen molar-refractivity contribution in [1.29, 1.82) is 0 Å². The van der Waals surface area contributed by atoms with E-state index in [4.69, 9.17) is 0 Å². The van der Waals surface area contributed by atoms with Crippen LogP contribution in [0.15, 0.2) is 36.4 Å². The smallest absolute Gasteiger partial charge is 0.197 e. The fraction of sp³-hybridized carbons (Fsp3) is 0. The maximum atomic E-state index is 11.7. The van der Waals surface area contributed by atoms with Crippen molar-refractivity contribution in [2.75, 3.05) is 0 Å². The number of allylic oxidation sites excluding steroid dienone is 3. The van der Waals surface area contributed by atoms with Crippen LogP contribution in [-0.4, -0.2) is 23.1 Å². The molecule has 0 spiro atoms. The minimum Gasteiger partial charge on any atom is -0.289 e. The SMILES string of the molecule is C=C1C(=O)c2cc3c(cc2C1=O)C(=O)C=CC3=O. The maximum absolute atomic E-state index is 11.7. The molecule has 0 aromatic heterocycles. The van der Waals surface area contributed by atoms with Gasteiger partial charge in [-0.2, -0.15) is 0 Å². The van der Waals surface area contributed by atoms with Crippen molar-refractivity contribution >= 4 is 23.1 Å². The zero-order valence-electron chi connectivity index (χ0n) is 9.15. The Balaban J connectivity index is 2.35. The van der Waals surface area contributed by atoms with E-state index in [1.54, 1.807) is 0 Å². The summed E-state index contributed by atoms with van der Waals surface area (Å²) in [6.07, 6.45) is 2.32. The quantitative estimate of drug-likeness (QED) is 0.508. The average molecular weight is 238 g/mol. The van der Waals surface area contributed by atoms with Gasteiger partial charge in [0.05, 0.1) is 5.57 Å². The lowest BCUT2D eigenvalue weighted by Crippen LogP contribution is -2.13. The van der Waals surface area contributed by atoms with E-state index in [-0.39, 0.29) is 39.4 Å². The topological polar surface area (TPSA) is 68.3 Å². The Morgan fingerprint density at radius 1 is 0.667 bits per heavy atom. The molecule has 0 saturated carbocycles. The summed E-state index contributed by atoms with van der Waals surface area (Å²) in [4.78, 5) is 46.8. The van der Waals surface area contributed by atoms with Gasteiger partial charge in [-0.3, -0.25) is 19.2 Å². The fourth-order valence-electron chi connectivity index (χ4n) is 2.14. The molecule has 0 unspecified atom stereocenters. The molecule has 0 amide bonds. The number of Topliss-reactive ketones (excluding diaryl/α,β-unsaturated/α-hetero) is 2. The van der Waals surface area contributed by atoms with Gasteiger partial charge in [0.25, 0.3) is 0 Å². The molecule has 4 nitrogen and oxygen atoms in total. The first-order valence-corrected chi connectivity index (χ1v) is 5.24. The second-order valence-corrected chi connectivity index (χ2v) is 4.14. The zero-order chi connectivity index (χ0) is 13.0. The average Bonchev–Trinajstić information content (AvgIpc) is 2.58. The highest BCUT2D eigenvalue weighted by atomic mass is 16.2. The van der Waals surface area contributed by atoms with Crippen LogP contribution in [0.25, 0.3) is 0 Å². The first kappa shape index (κ1) is 10.5. The Kier molecular flexibility index (Phi) is 1.87. The molecule has 86 valence electrons. The number of fused-ring (bicyclic) bond motifs is 2. The fourth-order valence-corrected chi connectivity index (χ4v) is 2.14. The van der Waals surface area contributed by atoms with Crippen LogP contribution in [0.2, 0.25) is 0 Å². The van der Waals surface area contributed by atoms with E-state index >= 15 is 0 Å². The molecule has 0 heterocycles. The normalized spacial score (nSPS) is 17.2. The number of benzene rings is 1. The highest BCUT2D eigenvalue weighted by Gasteiger charge is 2.34. The highest BCUT2D eigenvalue weighted by Crippen LogP contribution is 2.30. The molecule has 0 atom stereocenters. The lowest BCUT2D eigenvalue weighted by molar-refractivity contribution is 0.0988. The van der Waals surface area contributed by atoms with Crippen LogP contribution in [0.1, 0.15) is 41.4 Å². The third-order valence-corrected chi connectivity index (χ3v) is 3.11. The molecule has 2 aliphatic rings. The molecule has 0 fully saturated rings. The Labute approximate surface area is 102 Å². The van der Waals surface area contributed by atoms with Gasteiger partial charge in [0.15, 0.2) is 23.1 Å². The summed E-state index contributed by atoms with van der Waals surface area (Å²) >= 11 is 0. The van der Waals surface area contributed by atoms with Crippen LogP contribution in [0.4, 0.5) is 0 Å². The summed E-state index contributed by atoms with van der Waals surface area (Å²) in [5.74, 6) is -1.64.